The summed E-state index contributed by atoms with van der Waals surface area (Å²) >= 11 is 12.8. The van der Waals surface area contributed by atoms with Gasteiger partial charge in [0, 0.05) is 34.4 Å². The molecular weight excluding hydrogens is 583 g/mol. The van der Waals surface area contributed by atoms with Gasteiger partial charge in [-0.3, -0.25) is 0 Å². The summed E-state index contributed by atoms with van der Waals surface area (Å²) in [6.45, 7) is 9.43. The van der Waals surface area contributed by atoms with E-state index in [1.807, 2.05) is 68.4 Å². The zero-order valence-electron chi connectivity index (χ0n) is 23.2. The Balaban J connectivity index is 1.24. The van der Waals surface area contributed by atoms with Crippen LogP contribution in [0.4, 0.5) is 16.4 Å². The van der Waals surface area contributed by atoms with Crippen molar-refractivity contribution in [3.63, 3.8) is 0 Å². The summed E-state index contributed by atoms with van der Waals surface area (Å²) in [4.78, 5) is 19.3. The fraction of sp³-hybridized carbons (Fsp3) is 0.310. The van der Waals surface area contributed by atoms with Gasteiger partial charge in [0.05, 0.1) is 18.6 Å². The molecule has 214 valence electrons. The van der Waals surface area contributed by atoms with Crippen LogP contribution in [0.25, 0.3) is 22.2 Å². The van der Waals surface area contributed by atoms with Crippen molar-refractivity contribution >= 4 is 62.9 Å². The fourth-order valence-electron chi connectivity index (χ4n) is 4.53. The van der Waals surface area contributed by atoms with Crippen molar-refractivity contribution < 1.29 is 13.7 Å². The van der Waals surface area contributed by atoms with E-state index in [1.54, 1.807) is 23.1 Å². The summed E-state index contributed by atoms with van der Waals surface area (Å²) in [6, 6.07) is 16.6. The molecule has 1 aliphatic rings. The highest BCUT2D eigenvalue weighted by Crippen LogP contribution is 2.36. The lowest BCUT2D eigenvalue weighted by molar-refractivity contribution is 0.0195. The van der Waals surface area contributed by atoms with E-state index in [1.165, 1.54) is 0 Å². The van der Waals surface area contributed by atoms with Crippen LogP contribution in [-0.2, 0) is 19.9 Å². The molecule has 0 saturated carbocycles. The molecule has 1 aliphatic heterocycles. The number of nitrogens with zero attached hydrogens (tertiary/aromatic N) is 5. The lowest BCUT2D eigenvalue weighted by Crippen LogP contribution is -2.50. The average molecular weight is 615 g/mol. The minimum absolute atomic E-state index is 0.339. The van der Waals surface area contributed by atoms with Crippen LogP contribution in [-0.4, -0.2) is 62.3 Å². The number of carbonyl (C=O) groups is 1. The molecule has 1 saturated heterocycles. The molecule has 1 amide bonds. The third kappa shape index (κ3) is 6.78. The number of amides is 1. The molecule has 1 aromatic heterocycles. The van der Waals surface area contributed by atoms with Gasteiger partial charge in [0.2, 0.25) is 5.95 Å². The number of aryl methyl sites for hydroxylation is 1. The number of benzene rings is 3. The van der Waals surface area contributed by atoms with E-state index < -0.39 is 16.6 Å². The number of piperazine rings is 1. The zero-order valence-corrected chi connectivity index (χ0v) is 25.6. The summed E-state index contributed by atoms with van der Waals surface area (Å²) in [6.07, 6.45) is -0.339. The van der Waals surface area contributed by atoms with E-state index in [0.29, 0.717) is 58.1 Å². The van der Waals surface area contributed by atoms with Crippen molar-refractivity contribution in [3.8, 4) is 11.1 Å². The molecule has 0 bridgehead atoms. The van der Waals surface area contributed by atoms with Gasteiger partial charge in [-0.25, -0.2) is 9.78 Å². The highest BCUT2D eigenvalue weighted by atomic mass is 35.5. The predicted molar refractivity (Wildman–Crippen MR) is 164 cm³/mol. The van der Waals surface area contributed by atoms with Crippen molar-refractivity contribution in [2.24, 2.45) is 0 Å². The van der Waals surface area contributed by atoms with Crippen LogP contribution in [0.5, 0.6) is 0 Å². The maximum absolute atomic E-state index is 13.2. The maximum Gasteiger partial charge on any atom is 0.410 e. The van der Waals surface area contributed by atoms with Crippen LogP contribution in [0, 0.1) is 6.92 Å². The molecule has 41 heavy (non-hydrogen) atoms. The number of hydrogen-bond acceptors (Lipinski definition) is 7. The minimum atomic E-state index is -1.77. The molecule has 0 aliphatic carbocycles. The van der Waals surface area contributed by atoms with Crippen molar-refractivity contribution in [3.05, 3.63) is 70.2 Å². The van der Waals surface area contributed by atoms with Crippen molar-refractivity contribution in [2.75, 3.05) is 31.5 Å². The van der Waals surface area contributed by atoms with Gasteiger partial charge in [-0.15, -0.1) is 14.5 Å². The number of nitrogens with one attached hydrogen (secondary N) is 1. The van der Waals surface area contributed by atoms with Crippen LogP contribution in [0.2, 0.25) is 10.0 Å². The van der Waals surface area contributed by atoms with Crippen molar-refractivity contribution in [1.82, 2.24) is 24.4 Å². The van der Waals surface area contributed by atoms with E-state index in [4.69, 9.17) is 27.9 Å². The van der Waals surface area contributed by atoms with Crippen LogP contribution in [0.1, 0.15) is 26.3 Å². The lowest BCUT2D eigenvalue weighted by Gasteiger charge is -2.32. The Labute approximate surface area is 251 Å². The first kappa shape index (κ1) is 29.2. The van der Waals surface area contributed by atoms with Gasteiger partial charge >= 0.3 is 6.09 Å². The Bertz CT molecular complexity index is 1600. The highest BCUT2D eigenvalue weighted by Gasteiger charge is 2.31. The largest absolute Gasteiger partial charge is 0.444 e. The number of rotatable bonds is 5. The second-order valence-electron chi connectivity index (χ2n) is 10.8. The molecule has 2 heterocycles. The number of hydrogen-bond donors (Lipinski definition) is 1. The standard InChI is InChI=1S/C29H30Cl2N6O3S/c1-18-16-19(25-22(30)6-5-7-23(25)31)17-24-26(18)33-27(35-34-24)32-20-8-10-21(11-9-20)41(39)37-14-12-36(13-15-37)28(38)40-29(2,3)4/h5-11,16-17H,12-15H2,1-4H3,(H,32,33,35)/p+1. The van der Waals surface area contributed by atoms with E-state index in [-0.39, 0.29) is 6.09 Å². The van der Waals surface area contributed by atoms with Gasteiger partial charge < -0.3 is 15.0 Å². The van der Waals surface area contributed by atoms with Gasteiger partial charge in [-0.2, -0.15) is 0 Å². The Morgan fingerprint density at radius 2 is 1.63 bits per heavy atom. The second kappa shape index (κ2) is 11.9. The Hall–Kier alpha value is -3.31. The summed E-state index contributed by atoms with van der Waals surface area (Å²) in [5.74, 6) is 0.347. The Kier molecular flexibility index (Phi) is 8.47. The third-order valence-corrected chi connectivity index (χ3v) is 8.79. The monoisotopic (exact) mass is 613 g/mol. The molecule has 0 spiro atoms. The molecule has 1 unspecified atom stereocenters. The Morgan fingerprint density at radius 3 is 2.27 bits per heavy atom. The summed E-state index contributed by atoms with van der Waals surface area (Å²) in [5.41, 5.74) is 4.03. The zero-order chi connectivity index (χ0) is 29.3. The molecule has 5 rings (SSSR count). The molecule has 0 radical (unpaired) electrons. The highest BCUT2D eigenvalue weighted by molar-refractivity contribution is 7.82. The molecule has 9 nitrogen and oxygen atoms in total. The number of anilines is 2. The van der Waals surface area contributed by atoms with Crippen LogP contribution in [0.3, 0.4) is 0 Å². The number of aromatic nitrogens is 3. The number of ether oxygens (including phenoxy) is 1. The quantitative estimate of drug-likeness (QED) is 0.200. The normalized spacial score (nSPS) is 15.1. The third-order valence-electron chi connectivity index (χ3n) is 6.51. The van der Waals surface area contributed by atoms with Gasteiger partial charge in [-0.1, -0.05) is 33.5 Å². The smallest absolute Gasteiger partial charge is 0.410 e. The molecule has 1 N–H and O–H groups in total. The van der Waals surface area contributed by atoms with Crippen LogP contribution >= 0.6 is 23.2 Å². The molecule has 1 atom stereocenters. The maximum atomic E-state index is 13.2. The van der Waals surface area contributed by atoms with E-state index in [0.717, 1.165) is 22.4 Å². The summed E-state index contributed by atoms with van der Waals surface area (Å²) in [7, 11) is -1.77. The van der Waals surface area contributed by atoms with Gasteiger partial charge in [0.25, 0.3) is 0 Å². The molecular formula is C29H31Cl2N6O3S+. The number of fused-ring (bicyclic) bond motifs is 1. The van der Waals surface area contributed by atoms with Gasteiger partial charge in [0.1, 0.15) is 11.1 Å². The Morgan fingerprint density at radius 1 is 0.976 bits per heavy atom. The van der Waals surface area contributed by atoms with E-state index in [9.17, 15) is 9.00 Å². The fourth-order valence-corrected chi connectivity index (χ4v) is 6.42. The molecule has 3 aromatic carbocycles. The van der Waals surface area contributed by atoms with Crippen LogP contribution < -0.4 is 5.32 Å². The SMILES string of the molecule is Cc1cc(-c2c(Cl)cccc2Cl)cc2nnc(Nc3ccc([SH+](=O)N4CCN(C(=O)OC(C)(C)C)CC4)cc3)nc12. The van der Waals surface area contributed by atoms with Gasteiger partial charge in [-0.05, 0) is 87.4 Å². The van der Waals surface area contributed by atoms with Crippen molar-refractivity contribution in [1.29, 1.82) is 0 Å². The summed E-state index contributed by atoms with van der Waals surface area (Å²) < 4.78 is 20.5. The van der Waals surface area contributed by atoms with Gasteiger partial charge in [0.15, 0.2) is 15.9 Å². The first-order chi connectivity index (χ1) is 19.5. The lowest BCUT2D eigenvalue weighted by atomic mass is 10.0. The minimum Gasteiger partial charge on any atom is -0.444 e. The molecule has 12 heteroatoms. The summed E-state index contributed by atoms with van der Waals surface area (Å²) in [5, 5.41) is 12.9. The molecule has 1 fully saturated rings. The number of carbonyl (C=O) groups excluding carboxylic acids is 1. The first-order valence-corrected chi connectivity index (χ1v) is 15.1. The second-order valence-corrected chi connectivity index (χ2v) is 13.2. The number of thiol groups is 1. The van der Waals surface area contributed by atoms with Crippen molar-refractivity contribution in [2.45, 2.75) is 38.2 Å². The van der Waals surface area contributed by atoms with E-state index >= 15 is 0 Å². The topological polar surface area (TPSA) is 101 Å². The number of halogens is 2. The average Bonchev–Trinajstić information content (AvgIpc) is 2.92. The van der Waals surface area contributed by atoms with Crippen LogP contribution in [0.15, 0.2) is 59.5 Å². The first-order valence-electron chi connectivity index (χ1n) is 13.1. The molecule has 4 aromatic rings. The van der Waals surface area contributed by atoms with E-state index in [2.05, 4.69) is 20.5 Å². The predicted octanol–water partition coefficient (Wildman–Crippen LogP) is 6.57.